The van der Waals surface area contributed by atoms with Crippen molar-refractivity contribution in [1.82, 2.24) is 9.88 Å². The van der Waals surface area contributed by atoms with Crippen LogP contribution in [0.25, 0.3) is 5.57 Å². The van der Waals surface area contributed by atoms with Crippen LogP contribution in [0.15, 0.2) is 48.7 Å². The first-order valence-electron chi connectivity index (χ1n) is 7.21. The second kappa shape index (κ2) is 5.97. The van der Waals surface area contributed by atoms with Gasteiger partial charge in [0.15, 0.2) is 0 Å². The predicted molar refractivity (Wildman–Crippen MR) is 84.4 cm³/mol. The zero-order chi connectivity index (χ0) is 13.8. The molecule has 3 nitrogen and oxygen atoms in total. The average Bonchev–Trinajstić information content (AvgIpc) is 2.93. The van der Waals surface area contributed by atoms with Crippen molar-refractivity contribution in [2.24, 2.45) is 0 Å². The van der Waals surface area contributed by atoms with Crippen LogP contribution >= 0.6 is 0 Å². The summed E-state index contributed by atoms with van der Waals surface area (Å²) in [5.41, 5.74) is 9.80. The monoisotopic (exact) mass is 267 g/mol. The van der Waals surface area contributed by atoms with Crippen LogP contribution in [0, 0.1) is 0 Å². The number of nitrogens with zero attached hydrogens (tertiary/aromatic N) is 1. The fraction of sp³-hybridized carbons (Fsp3) is 0.294. The minimum absolute atomic E-state index is 0.743. The fourth-order valence-corrected chi connectivity index (χ4v) is 2.71. The maximum absolute atomic E-state index is 5.73. The molecule has 0 aliphatic carbocycles. The van der Waals surface area contributed by atoms with E-state index in [9.17, 15) is 0 Å². The Kier molecular flexibility index (Phi) is 3.88. The highest BCUT2D eigenvalue weighted by molar-refractivity contribution is 5.68. The third-order valence-corrected chi connectivity index (χ3v) is 3.93. The summed E-state index contributed by atoms with van der Waals surface area (Å²) in [6, 6.07) is 12.7. The Morgan fingerprint density at radius 3 is 2.70 bits per heavy atom. The third-order valence-electron chi connectivity index (χ3n) is 3.93. The van der Waals surface area contributed by atoms with Gasteiger partial charge in [0, 0.05) is 25.8 Å². The Morgan fingerprint density at radius 1 is 1.20 bits per heavy atom. The van der Waals surface area contributed by atoms with E-state index in [2.05, 4.69) is 46.3 Å². The first-order valence-corrected chi connectivity index (χ1v) is 7.21. The van der Waals surface area contributed by atoms with Crippen LogP contribution < -0.4 is 5.73 Å². The molecule has 0 amide bonds. The van der Waals surface area contributed by atoms with Crippen LogP contribution in [-0.2, 0) is 6.42 Å². The van der Waals surface area contributed by atoms with Crippen molar-refractivity contribution in [1.29, 1.82) is 0 Å². The number of hydrogen-bond acceptors (Lipinski definition) is 2. The number of aromatic amines is 1. The van der Waals surface area contributed by atoms with Crippen molar-refractivity contribution < 1.29 is 0 Å². The largest absolute Gasteiger partial charge is 0.385 e. The van der Waals surface area contributed by atoms with E-state index in [0.717, 1.165) is 38.3 Å². The van der Waals surface area contributed by atoms with E-state index in [4.69, 9.17) is 5.73 Å². The van der Waals surface area contributed by atoms with Gasteiger partial charge in [-0.05, 0) is 35.6 Å². The standard InChI is InChI=1S/C17H21N3/c18-17-12-16(13-19-17)15-7-10-20(11-8-15)9-6-14-4-2-1-3-5-14/h1-5,7,12-13,19H,6,8-11,18H2. The zero-order valence-electron chi connectivity index (χ0n) is 11.7. The molecule has 1 aromatic carbocycles. The number of rotatable bonds is 4. The van der Waals surface area contributed by atoms with E-state index in [0.29, 0.717) is 0 Å². The number of benzene rings is 1. The van der Waals surface area contributed by atoms with Crippen LogP contribution in [0.2, 0.25) is 0 Å². The van der Waals surface area contributed by atoms with Crippen molar-refractivity contribution in [2.75, 3.05) is 25.4 Å². The first-order chi connectivity index (χ1) is 9.81. The Hall–Kier alpha value is -2.00. The Morgan fingerprint density at radius 2 is 2.05 bits per heavy atom. The molecule has 1 aliphatic rings. The molecule has 0 atom stereocenters. The molecule has 0 unspecified atom stereocenters. The molecule has 0 saturated heterocycles. The van der Waals surface area contributed by atoms with Crippen molar-refractivity contribution in [3.8, 4) is 0 Å². The zero-order valence-corrected chi connectivity index (χ0v) is 11.7. The highest BCUT2D eigenvalue weighted by Gasteiger charge is 2.13. The Balaban J connectivity index is 1.54. The molecule has 2 heterocycles. The smallest absolute Gasteiger partial charge is 0.101 e. The maximum Gasteiger partial charge on any atom is 0.101 e. The van der Waals surface area contributed by atoms with E-state index < -0.39 is 0 Å². The Bertz CT molecular complexity index is 583. The van der Waals surface area contributed by atoms with Gasteiger partial charge in [0.2, 0.25) is 0 Å². The number of H-pyrrole nitrogens is 1. The van der Waals surface area contributed by atoms with Gasteiger partial charge in [0.1, 0.15) is 5.82 Å². The first kappa shape index (κ1) is 13.0. The second-order valence-corrected chi connectivity index (χ2v) is 5.36. The van der Waals surface area contributed by atoms with Crippen LogP contribution in [0.4, 0.5) is 5.82 Å². The average molecular weight is 267 g/mol. The molecule has 0 fully saturated rings. The number of nitrogens with one attached hydrogen (secondary N) is 1. The highest BCUT2D eigenvalue weighted by Crippen LogP contribution is 2.23. The molecule has 0 radical (unpaired) electrons. The van der Waals surface area contributed by atoms with Gasteiger partial charge >= 0.3 is 0 Å². The molecule has 3 rings (SSSR count). The number of nitrogen functional groups attached to an aromatic ring is 1. The normalized spacial score (nSPS) is 16.1. The lowest BCUT2D eigenvalue weighted by Gasteiger charge is -2.26. The molecule has 2 aromatic rings. The van der Waals surface area contributed by atoms with Crippen molar-refractivity contribution >= 4 is 11.4 Å². The van der Waals surface area contributed by atoms with Gasteiger partial charge in [0.25, 0.3) is 0 Å². The topological polar surface area (TPSA) is 45.0 Å². The van der Waals surface area contributed by atoms with Gasteiger partial charge in [-0.1, -0.05) is 36.4 Å². The molecule has 1 aliphatic heterocycles. The SMILES string of the molecule is Nc1cc(C2=CCN(CCc3ccccc3)CC2)c[nH]1. The summed E-state index contributed by atoms with van der Waals surface area (Å²) < 4.78 is 0. The summed E-state index contributed by atoms with van der Waals surface area (Å²) in [4.78, 5) is 5.55. The van der Waals surface area contributed by atoms with E-state index in [1.807, 2.05) is 12.3 Å². The third kappa shape index (κ3) is 3.11. The van der Waals surface area contributed by atoms with Gasteiger partial charge < -0.3 is 10.7 Å². The maximum atomic E-state index is 5.73. The molecule has 20 heavy (non-hydrogen) atoms. The summed E-state index contributed by atoms with van der Waals surface area (Å²) in [5.74, 6) is 0.743. The van der Waals surface area contributed by atoms with Crippen LogP contribution in [0.3, 0.4) is 0 Å². The molecule has 3 N–H and O–H groups in total. The van der Waals surface area contributed by atoms with Gasteiger partial charge in [-0.15, -0.1) is 0 Å². The molecule has 0 bridgehead atoms. The van der Waals surface area contributed by atoms with E-state index in [-0.39, 0.29) is 0 Å². The Labute approximate surface area is 120 Å². The van der Waals surface area contributed by atoms with E-state index >= 15 is 0 Å². The summed E-state index contributed by atoms with van der Waals surface area (Å²) in [6.45, 7) is 3.29. The van der Waals surface area contributed by atoms with Crippen LogP contribution in [0.1, 0.15) is 17.5 Å². The van der Waals surface area contributed by atoms with Gasteiger partial charge in [-0.2, -0.15) is 0 Å². The van der Waals surface area contributed by atoms with Gasteiger partial charge in [-0.3, -0.25) is 4.90 Å². The number of anilines is 1. The van der Waals surface area contributed by atoms with Gasteiger partial charge in [-0.25, -0.2) is 0 Å². The highest BCUT2D eigenvalue weighted by atomic mass is 15.1. The number of hydrogen-bond donors (Lipinski definition) is 2. The molecule has 3 heteroatoms. The van der Waals surface area contributed by atoms with Crippen molar-refractivity contribution in [3.63, 3.8) is 0 Å². The molecular weight excluding hydrogens is 246 g/mol. The quantitative estimate of drug-likeness (QED) is 0.894. The predicted octanol–water partition coefficient (Wildman–Crippen LogP) is 2.93. The number of aromatic nitrogens is 1. The van der Waals surface area contributed by atoms with E-state index in [1.165, 1.54) is 16.7 Å². The minimum atomic E-state index is 0.743. The van der Waals surface area contributed by atoms with Crippen molar-refractivity contribution in [2.45, 2.75) is 12.8 Å². The second-order valence-electron chi connectivity index (χ2n) is 5.36. The van der Waals surface area contributed by atoms with E-state index in [1.54, 1.807) is 0 Å². The summed E-state index contributed by atoms with van der Waals surface area (Å²) in [5, 5.41) is 0. The molecule has 104 valence electrons. The molecule has 1 aromatic heterocycles. The number of nitrogens with two attached hydrogens (primary N) is 1. The molecule has 0 spiro atoms. The lowest BCUT2D eigenvalue weighted by molar-refractivity contribution is 0.306. The lowest BCUT2D eigenvalue weighted by Crippen LogP contribution is -2.30. The summed E-state index contributed by atoms with van der Waals surface area (Å²) in [7, 11) is 0. The lowest BCUT2D eigenvalue weighted by atomic mass is 10.0. The molecule has 0 saturated carbocycles. The minimum Gasteiger partial charge on any atom is -0.385 e. The van der Waals surface area contributed by atoms with Crippen molar-refractivity contribution in [3.05, 3.63) is 59.8 Å². The fourth-order valence-electron chi connectivity index (χ4n) is 2.71. The van der Waals surface area contributed by atoms with Crippen LogP contribution in [-0.4, -0.2) is 29.5 Å². The summed E-state index contributed by atoms with van der Waals surface area (Å²) >= 11 is 0. The summed E-state index contributed by atoms with van der Waals surface area (Å²) in [6.07, 6.45) is 6.56. The van der Waals surface area contributed by atoms with Crippen LogP contribution in [0.5, 0.6) is 0 Å². The van der Waals surface area contributed by atoms with Gasteiger partial charge in [0.05, 0.1) is 0 Å². The molecular formula is C17H21N3.